The van der Waals surface area contributed by atoms with Gasteiger partial charge in [0.15, 0.2) is 0 Å². The number of aromatic nitrogens is 1. The maximum atomic E-state index is 12.6. The Morgan fingerprint density at radius 1 is 1.20 bits per heavy atom. The van der Waals surface area contributed by atoms with E-state index in [2.05, 4.69) is 4.98 Å². The molecule has 4 heterocycles. The Hall–Kier alpha value is -2.41. The molecule has 2 amide bonds. The van der Waals surface area contributed by atoms with Gasteiger partial charge in [-0.05, 0) is 56.4 Å². The monoisotopic (exact) mass is 427 g/mol. The highest BCUT2D eigenvalue weighted by molar-refractivity contribution is 7.13. The second-order valence-corrected chi connectivity index (χ2v) is 9.79. The zero-order chi connectivity index (χ0) is 21.1. The van der Waals surface area contributed by atoms with Crippen LogP contribution in [0.25, 0.3) is 0 Å². The molecule has 0 aromatic carbocycles. The van der Waals surface area contributed by atoms with Gasteiger partial charge in [0.1, 0.15) is 0 Å². The molecule has 6 nitrogen and oxygen atoms in total. The van der Waals surface area contributed by atoms with Gasteiger partial charge in [0.05, 0.1) is 11.5 Å². The molecule has 0 bridgehead atoms. The first kappa shape index (κ1) is 20.8. The molecule has 0 aliphatic carbocycles. The van der Waals surface area contributed by atoms with Crippen LogP contribution in [0.1, 0.15) is 39.4 Å². The first-order chi connectivity index (χ1) is 14.5. The Bertz CT molecular complexity index is 905. The van der Waals surface area contributed by atoms with Crippen molar-refractivity contribution < 1.29 is 14.3 Å². The lowest BCUT2D eigenvalue weighted by Crippen LogP contribution is -2.41. The van der Waals surface area contributed by atoms with Crippen molar-refractivity contribution in [3.05, 3.63) is 45.8 Å². The molecular formula is C23H29N3O3S. The molecule has 2 aromatic heterocycles. The predicted molar refractivity (Wildman–Crippen MR) is 117 cm³/mol. The average Bonchev–Trinajstić information content (AvgIpc) is 3.32. The summed E-state index contributed by atoms with van der Waals surface area (Å²) in [6, 6.07) is 7.78. The van der Waals surface area contributed by atoms with Crippen LogP contribution >= 0.6 is 11.3 Å². The van der Waals surface area contributed by atoms with Crippen molar-refractivity contribution in [3.63, 3.8) is 0 Å². The average molecular weight is 428 g/mol. The van der Waals surface area contributed by atoms with Crippen molar-refractivity contribution in [2.24, 2.45) is 11.8 Å². The van der Waals surface area contributed by atoms with Gasteiger partial charge in [-0.2, -0.15) is 0 Å². The number of hydrogen-bond donors (Lipinski definition) is 0. The minimum absolute atomic E-state index is 0.144. The highest BCUT2D eigenvalue weighted by atomic mass is 32.1. The first-order valence-electron chi connectivity index (χ1n) is 10.7. The minimum atomic E-state index is 0.144. The van der Waals surface area contributed by atoms with Crippen LogP contribution in [-0.4, -0.2) is 59.4 Å². The standard InChI is InChI=1S/C23H29N3O3S/c1-16-5-8-24-21(11-16)29-15-19-12-22(27)26(14-19)13-18-6-9-25(10-7-18)23(28)20-4-3-17(2)30-20/h3-5,8,11,18-19H,6-7,9-10,12-15H2,1-2H3. The molecule has 0 N–H and O–H groups in total. The van der Waals surface area contributed by atoms with Gasteiger partial charge >= 0.3 is 0 Å². The van der Waals surface area contributed by atoms with Crippen molar-refractivity contribution in [3.8, 4) is 5.88 Å². The second kappa shape index (κ2) is 9.16. The fourth-order valence-electron chi connectivity index (χ4n) is 4.27. The Labute approximate surface area is 181 Å². The van der Waals surface area contributed by atoms with Crippen molar-refractivity contribution in [2.45, 2.75) is 33.1 Å². The molecular weight excluding hydrogens is 398 g/mol. The van der Waals surface area contributed by atoms with Crippen LogP contribution in [0.3, 0.4) is 0 Å². The highest BCUT2D eigenvalue weighted by Gasteiger charge is 2.33. The normalized spacial score (nSPS) is 20.1. The van der Waals surface area contributed by atoms with E-state index in [1.165, 1.54) is 0 Å². The number of carbonyl (C=O) groups is 2. The molecule has 4 rings (SSSR count). The second-order valence-electron chi connectivity index (χ2n) is 8.50. The third-order valence-electron chi connectivity index (χ3n) is 5.98. The zero-order valence-corrected chi connectivity index (χ0v) is 18.5. The van der Waals surface area contributed by atoms with Crippen molar-refractivity contribution in [1.29, 1.82) is 0 Å². The van der Waals surface area contributed by atoms with Crippen molar-refractivity contribution in [1.82, 2.24) is 14.8 Å². The molecule has 2 saturated heterocycles. The van der Waals surface area contributed by atoms with Gasteiger partial charge < -0.3 is 14.5 Å². The first-order valence-corrected chi connectivity index (χ1v) is 11.5. The van der Waals surface area contributed by atoms with Gasteiger partial charge in [-0.1, -0.05) is 0 Å². The topological polar surface area (TPSA) is 62.7 Å². The molecule has 2 aromatic rings. The van der Waals surface area contributed by atoms with E-state index in [1.54, 1.807) is 17.5 Å². The summed E-state index contributed by atoms with van der Waals surface area (Å²) in [7, 11) is 0. The Morgan fingerprint density at radius 3 is 2.70 bits per heavy atom. The number of likely N-dealkylation sites (tertiary alicyclic amines) is 2. The molecule has 7 heteroatoms. The number of rotatable bonds is 6. The molecule has 0 radical (unpaired) electrons. The molecule has 30 heavy (non-hydrogen) atoms. The Morgan fingerprint density at radius 2 is 2.00 bits per heavy atom. The smallest absolute Gasteiger partial charge is 0.263 e. The molecule has 2 aliphatic rings. The maximum Gasteiger partial charge on any atom is 0.263 e. The summed E-state index contributed by atoms with van der Waals surface area (Å²) < 4.78 is 5.81. The number of nitrogens with zero attached hydrogens (tertiary/aromatic N) is 3. The number of pyridine rings is 1. The van der Waals surface area contributed by atoms with Crippen LogP contribution in [-0.2, 0) is 4.79 Å². The van der Waals surface area contributed by atoms with Gasteiger partial charge in [0.2, 0.25) is 11.8 Å². The molecule has 2 fully saturated rings. The van der Waals surface area contributed by atoms with E-state index in [0.717, 1.165) is 54.3 Å². The Kier molecular flexibility index (Phi) is 6.37. The van der Waals surface area contributed by atoms with Crippen LogP contribution in [0.5, 0.6) is 5.88 Å². The molecule has 2 aliphatic heterocycles. The van der Waals surface area contributed by atoms with Gasteiger partial charge in [-0.3, -0.25) is 9.59 Å². The van der Waals surface area contributed by atoms with Crippen LogP contribution in [0.4, 0.5) is 0 Å². The maximum absolute atomic E-state index is 12.6. The summed E-state index contributed by atoms with van der Waals surface area (Å²) >= 11 is 1.56. The summed E-state index contributed by atoms with van der Waals surface area (Å²) in [6.07, 6.45) is 4.19. The lowest BCUT2D eigenvalue weighted by Gasteiger charge is -2.33. The van der Waals surface area contributed by atoms with Crippen LogP contribution in [0.15, 0.2) is 30.5 Å². The number of amides is 2. The summed E-state index contributed by atoms with van der Waals surface area (Å²) in [5.41, 5.74) is 1.11. The fourth-order valence-corrected chi connectivity index (χ4v) is 5.10. The third kappa shape index (κ3) is 5.01. The number of carbonyl (C=O) groups excluding carboxylic acids is 2. The molecule has 1 atom stereocenters. The number of ether oxygens (including phenoxy) is 1. The lowest BCUT2D eigenvalue weighted by atomic mass is 9.96. The summed E-state index contributed by atoms with van der Waals surface area (Å²) in [4.78, 5) is 35.3. The van der Waals surface area contributed by atoms with E-state index in [1.807, 2.05) is 47.9 Å². The summed E-state index contributed by atoms with van der Waals surface area (Å²) in [5.74, 6) is 1.66. The minimum Gasteiger partial charge on any atom is -0.477 e. The third-order valence-corrected chi connectivity index (χ3v) is 6.97. The fraction of sp³-hybridized carbons (Fsp3) is 0.522. The van der Waals surface area contributed by atoms with E-state index < -0.39 is 0 Å². The Balaban J connectivity index is 1.22. The largest absolute Gasteiger partial charge is 0.477 e. The van der Waals surface area contributed by atoms with E-state index in [4.69, 9.17) is 4.74 Å². The summed E-state index contributed by atoms with van der Waals surface area (Å²) in [5, 5.41) is 0. The highest BCUT2D eigenvalue weighted by Crippen LogP contribution is 2.26. The molecule has 0 spiro atoms. The van der Waals surface area contributed by atoms with Crippen LogP contribution in [0, 0.1) is 25.7 Å². The van der Waals surface area contributed by atoms with E-state index in [9.17, 15) is 9.59 Å². The van der Waals surface area contributed by atoms with Crippen molar-refractivity contribution >= 4 is 23.2 Å². The SMILES string of the molecule is Cc1ccnc(OCC2CC(=O)N(CC3CCN(C(=O)c4ccc(C)s4)CC3)C2)c1. The van der Waals surface area contributed by atoms with Gasteiger partial charge in [0, 0.05) is 55.7 Å². The van der Waals surface area contributed by atoms with Gasteiger partial charge in [-0.25, -0.2) is 4.98 Å². The predicted octanol–water partition coefficient (Wildman–Crippen LogP) is 3.54. The van der Waals surface area contributed by atoms with E-state index in [-0.39, 0.29) is 17.7 Å². The van der Waals surface area contributed by atoms with E-state index >= 15 is 0 Å². The van der Waals surface area contributed by atoms with Crippen LogP contribution < -0.4 is 4.74 Å². The zero-order valence-electron chi connectivity index (χ0n) is 17.7. The summed E-state index contributed by atoms with van der Waals surface area (Å²) in [6.45, 7) is 7.64. The van der Waals surface area contributed by atoms with Crippen molar-refractivity contribution in [2.75, 3.05) is 32.8 Å². The molecule has 0 saturated carbocycles. The lowest BCUT2D eigenvalue weighted by molar-refractivity contribution is -0.128. The van der Waals surface area contributed by atoms with E-state index in [0.29, 0.717) is 24.8 Å². The number of hydrogen-bond acceptors (Lipinski definition) is 5. The quantitative estimate of drug-likeness (QED) is 0.707. The number of thiophene rings is 1. The van der Waals surface area contributed by atoms with Gasteiger partial charge in [-0.15, -0.1) is 11.3 Å². The number of piperidine rings is 1. The van der Waals surface area contributed by atoms with Crippen LogP contribution in [0.2, 0.25) is 0 Å². The number of aryl methyl sites for hydroxylation is 2. The molecule has 1 unspecified atom stereocenters. The van der Waals surface area contributed by atoms with Gasteiger partial charge in [0.25, 0.3) is 5.91 Å². The molecule has 160 valence electrons.